The lowest BCUT2D eigenvalue weighted by Crippen LogP contribution is -2.48. The molecule has 1 heterocycles. The van der Waals surface area contributed by atoms with Crippen molar-refractivity contribution in [1.29, 1.82) is 0 Å². The first-order chi connectivity index (χ1) is 9.29. The van der Waals surface area contributed by atoms with Gasteiger partial charge in [-0.1, -0.05) is 30.3 Å². The Bertz CT molecular complexity index is 396. The van der Waals surface area contributed by atoms with Crippen molar-refractivity contribution in [3.63, 3.8) is 0 Å². The van der Waals surface area contributed by atoms with Gasteiger partial charge in [-0.2, -0.15) is 0 Å². The summed E-state index contributed by atoms with van der Waals surface area (Å²) < 4.78 is 10.7. The van der Waals surface area contributed by atoms with E-state index in [1.165, 1.54) is 0 Å². The first-order valence-electron chi connectivity index (χ1n) is 6.41. The molecule has 5 heteroatoms. The Kier molecular flexibility index (Phi) is 5.32. The third-order valence-corrected chi connectivity index (χ3v) is 3.03. The summed E-state index contributed by atoms with van der Waals surface area (Å²) in [6.45, 7) is 1.89. The Morgan fingerprint density at radius 2 is 2.21 bits per heavy atom. The van der Waals surface area contributed by atoms with Crippen molar-refractivity contribution in [1.82, 2.24) is 4.90 Å². The van der Waals surface area contributed by atoms with Crippen molar-refractivity contribution in [3.05, 3.63) is 35.9 Å². The van der Waals surface area contributed by atoms with E-state index < -0.39 is 0 Å². The molecule has 0 radical (unpaired) electrons. The van der Waals surface area contributed by atoms with Crippen LogP contribution >= 0.6 is 0 Å². The van der Waals surface area contributed by atoms with Gasteiger partial charge in [0.2, 0.25) is 5.91 Å². The molecule has 104 valence electrons. The molecular formula is C14H19NO4. The highest BCUT2D eigenvalue weighted by Gasteiger charge is 2.23. The van der Waals surface area contributed by atoms with Gasteiger partial charge >= 0.3 is 0 Å². The first-order valence-corrected chi connectivity index (χ1v) is 6.41. The van der Waals surface area contributed by atoms with Gasteiger partial charge in [-0.25, -0.2) is 0 Å². The van der Waals surface area contributed by atoms with Crippen molar-refractivity contribution < 1.29 is 19.4 Å². The number of benzene rings is 1. The topological polar surface area (TPSA) is 59.0 Å². The fourth-order valence-corrected chi connectivity index (χ4v) is 1.98. The minimum atomic E-state index is -0.271. The van der Waals surface area contributed by atoms with Crippen LogP contribution in [0.1, 0.15) is 5.56 Å². The van der Waals surface area contributed by atoms with Gasteiger partial charge in [-0.3, -0.25) is 4.79 Å². The molecule has 1 unspecified atom stereocenters. The number of ether oxygens (including phenoxy) is 2. The molecule has 19 heavy (non-hydrogen) atoms. The summed E-state index contributed by atoms with van der Waals surface area (Å²) in [5.41, 5.74) is 1.05. The molecule has 1 aromatic rings. The number of rotatable bonds is 5. The predicted octanol–water partition coefficient (Wildman–Crippen LogP) is 0.423. The molecular weight excluding hydrogens is 246 g/mol. The maximum atomic E-state index is 11.9. The number of nitrogens with zero attached hydrogens (tertiary/aromatic N) is 1. The van der Waals surface area contributed by atoms with E-state index in [9.17, 15) is 4.79 Å². The number of aliphatic hydroxyl groups excluding tert-OH is 1. The maximum Gasteiger partial charge on any atom is 0.248 e. The molecule has 1 fully saturated rings. The smallest absolute Gasteiger partial charge is 0.248 e. The lowest BCUT2D eigenvalue weighted by Gasteiger charge is -2.31. The third-order valence-electron chi connectivity index (χ3n) is 3.03. The molecule has 2 rings (SSSR count). The molecule has 1 amide bonds. The Labute approximate surface area is 112 Å². The van der Waals surface area contributed by atoms with Crippen molar-refractivity contribution >= 4 is 5.91 Å². The largest absolute Gasteiger partial charge is 0.394 e. The van der Waals surface area contributed by atoms with Gasteiger partial charge < -0.3 is 19.5 Å². The molecule has 1 atom stereocenters. The zero-order chi connectivity index (χ0) is 13.5. The summed E-state index contributed by atoms with van der Waals surface area (Å²) in [4.78, 5) is 13.6. The molecule has 1 saturated heterocycles. The van der Waals surface area contributed by atoms with Gasteiger partial charge in [0.1, 0.15) is 6.61 Å². The highest BCUT2D eigenvalue weighted by atomic mass is 16.5. The quantitative estimate of drug-likeness (QED) is 0.838. The van der Waals surface area contributed by atoms with Crippen LogP contribution in [0.2, 0.25) is 0 Å². The van der Waals surface area contributed by atoms with E-state index in [2.05, 4.69) is 0 Å². The summed E-state index contributed by atoms with van der Waals surface area (Å²) in [5.74, 6) is -0.0577. The van der Waals surface area contributed by atoms with E-state index in [0.29, 0.717) is 26.3 Å². The van der Waals surface area contributed by atoms with E-state index in [1.807, 2.05) is 30.3 Å². The monoisotopic (exact) mass is 265 g/mol. The normalized spacial score (nSPS) is 19.4. The number of hydrogen-bond acceptors (Lipinski definition) is 4. The number of morpholine rings is 1. The first kappa shape index (κ1) is 14.0. The maximum absolute atomic E-state index is 11.9. The zero-order valence-electron chi connectivity index (χ0n) is 10.8. The van der Waals surface area contributed by atoms with Crippen molar-refractivity contribution in [3.8, 4) is 0 Å². The minimum absolute atomic E-state index is 0.0577. The number of carbonyl (C=O) groups excluding carboxylic acids is 1. The number of hydrogen-bond donors (Lipinski definition) is 1. The number of carbonyl (C=O) groups is 1. The molecule has 0 bridgehead atoms. The van der Waals surface area contributed by atoms with E-state index in [1.54, 1.807) is 4.90 Å². The van der Waals surface area contributed by atoms with Crippen LogP contribution in [0.3, 0.4) is 0 Å². The average molecular weight is 265 g/mol. The van der Waals surface area contributed by atoms with Crippen molar-refractivity contribution in [2.45, 2.75) is 12.7 Å². The highest BCUT2D eigenvalue weighted by Crippen LogP contribution is 2.06. The zero-order valence-corrected chi connectivity index (χ0v) is 10.8. The second-order valence-electron chi connectivity index (χ2n) is 4.49. The molecule has 0 spiro atoms. The summed E-state index contributed by atoms with van der Waals surface area (Å²) in [5, 5.41) is 9.02. The Balaban J connectivity index is 1.72. The van der Waals surface area contributed by atoms with Crippen LogP contribution in [0.15, 0.2) is 30.3 Å². The molecule has 0 aromatic heterocycles. The molecule has 1 aliphatic heterocycles. The predicted molar refractivity (Wildman–Crippen MR) is 69.5 cm³/mol. The second-order valence-corrected chi connectivity index (χ2v) is 4.49. The van der Waals surface area contributed by atoms with Gasteiger partial charge in [0.25, 0.3) is 0 Å². The SMILES string of the molecule is O=C(COCc1ccccc1)N1CCOC(CO)C1. The van der Waals surface area contributed by atoms with Crippen LogP contribution in [0.4, 0.5) is 0 Å². The second kappa shape index (κ2) is 7.23. The standard InChI is InChI=1S/C14H19NO4/c16-9-13-8-15(6-7-19-13)14(17)11-18-10-12-4-2-1-3-5-12/h1-5,13,16H,6-11H2. The molecule has 0 aliphatic carbocycles. The van der Waals surface area contributed by atoms with E-state index in [4.69, 9.17) is 14.6 Å². The molecule has 1 aliphatic rings. The molecule has 0 saturated carbocycles. The fourth-order valence-electron chi connectivity index (χ4n) is 1.98. The Morgan fingerprint density at radius 3 is 2.95 bits per heavy atom. The summed E-state index contributed by atoms with van der Waals surface area (Å²) in [7, 11) is 0. The average Bonchev–Trinajstić information content (AvgIpc) is 2.48. The lowest BCUT2D eigenvalue weighted by atomic mass is 10.2. The van der Waals surface area contributed by atoms with Crippen LogP contribution in [0.25, 0.3) is 0 Å². The van der Waals surface area contributed by atoms with E-state index in [0.717, 1.165) is 5.56 Å². The molecule has 1 aromatic carbocycles. The highest BCUT2D eigenvalue weighted by molar-refractivity contribution is 5.77. The van der Waals surface area contributed by atoms with Gasteiger partial charge in [0.15, 0.2) is 0 Å². The third kappa shape index (κ3) is 4.31. The van der Waals surface area contributed by atoms with Gasteiger partial charge in [-0.05, 0) is 5.56 Å². The summed E-state index contributed by atoms with van der Waals surface area (Å²) in [6, 6.07) is 9.74. The van der Waals surface area contributed by atoms with Crippen molar-refractivity contribution in [2.75, 3.05) is 32.9 Å². The van der Waals surface area contributed by atoms with Gasteiger partial charge in [0, 0.05) is 13.1 Å². The summed E-state index contributed by atoms with van der Waals surface area (Å²) in [6.07, 6.45) is -0.271. The van der Waals surface area contributed by atoms with Crippen LogP contribution in [0, 0.1) is 0 Å². The van der Waals surface area contributed by atoms with Crippen LogP contribution < -0.4 is 0 Å². The number of aliphatic hydroxyl groups is 1. The molecule has 1 N–H and O–H groups in total. The van der Waals surface area contributed by atoms with Crippen LogP contribution in [-0.4, -0.2) is 54.9 Å². The van der Waals surface area contributed by atoms with E-state index in [-0.39, 0.29) is 25.2 Å². The Morgan fingerprint density at radius 1 is 1.42 bits per heavy atom. The number of amides is 1. The van der Waals surface area contributed by atoms with Crippen LogP contribution in [0.5, 0.6) is 0 Å². The van der Waals surface area contributed by atoms with Gasteiger partial charge in [-0.15, -0.1) is 0 Å². The molecule has 5 nitrogen and oxygen atoms in total. The van der Waals surface area contributed by atoms with Gasteiger partial charge in [0.05, 0.1) is 25.9 Å². The summed E-state index contributed by atoms with van der Waals surface area (Å²) >= 11 is 0. The minimum Gasteiger partial charge on any atom is -0.394 e. The van der Waals surface area contributed by atoms with Crippen molar-refractivity contribution in [2.24, 2.45) is 0 Å². The lowest BCUT2D eigenvalue weighted by molar-refractivity contribution is -0.145. The van der Waals surface area contributed by atoms with E-state index >= 15 is 0 Å². The fraction of sp³-hybridized carbons (Fsp3) is 0.500. The Hall–Kier alpha value is -1.43. The van der Waals surface area contributed by atoms with Crippen LogP contribution in [-0.2, 0) is 20.9 Å².